The first-order chi connectivity index (χ1) is 9.92. The van der Waals surface area contributed by atoms with Gasteiger partial charge >= 0.3 is 0 Å². The highest BCUT2D eigenvalue weighted by molar-refractivity contribution is 9.10. The Kier molecular flexibility index (Phi) is 4.90. The molecule has 21 heavy (non-hydrogen) atoms. The Balaban J connectivity index is 2.21. The lowest BCUT2D eigenvalue weighted by Crippen LogP contribution is -2.14. The summed E-state index contributed by atoms with van der Waals surface area (Å²) < 4.78 is 45.2. The molecular formula is C15H13BrF3NO. The lowest BCUT2D eigenvalue weighted by Gasteiger charge is -2.14. The van der Waals surface area contributed by atoms with Crippen LogP contribution < -0.4 is 10.5 Å². The van der Waals surface area contributed by atoms with Crippen molar-refractivity contribution in [1.29, 1.82) is 0 Å². The van der Waals surface area contributed by atoms with E-state index in [4.69, 9.17) is 10.5 Å². The van der Waals surface area contributed by atoms with Gasteiger partial charge in [0.1, 0.15) is 5.75 Å². The predicted molar refractivity (Wildman–Crippen MR) is 77.6 cm³/mol. The Hall–Kier alpha value is -1.53. The van der Waals surface area contributed by atoms with E-state index in [0.717, 1.165) is 22.2 Å². The van der Waals surface area contributed by atoms with E-state index in [2.05, 4.69) is 15.9 Å². The smallest absolute Gasteiger partial charge is 0.194 e. The van der Waals surface area contributed by atoms with E-state index in [9.17, 15) is 13.2 Å². The summed E-state index contributed by atoms with van der Waals surface area (Å²) in [5.74, 6) is -3.29. The van der Waals surface area contributed by atoms with Gasteiger partial charge in [-0.05, 0) is 57.7 Å². The quantitative estimate of drug-likeness (QED) is 0.833. The highest BCUT2D eigenvalue weighted by Crippen LogP contribution is 2.28. The van der Waals surface area contributed by atoms with Crippen molar-refractivity contribution in [3.63, 3.8) is 0 Å². The topological polar surface area (TPSA) is 35.2 Å². The van der Waals surface area contributed by atoms with Crippen LogP contribution in [0, 0.1) is 17.5 Å². The van der Waals surface area contributed by atoms with Gasteiger partial charge in [0, 0.05) is 6.04 Å². The Morgan fingerprint density at radius 3 is 2.29 bits per heavy atom. The molecule has 2 nitrogen and oxygen atoms in total. The summed E-state index contributed by atoms with van der Waals surface area (Å²) in [6, 6.07) is 6.57. The monoisotopic (exact) mass is 359 g/mol. The molecular weight excluding hydrogens is 347 g/mol. The Morgan fingerprint density at radius 2 is 1.76 bits per heavy atom. The minimum atomic E-state index is -1.49. The molecule has 2 rings (SSSR count). The van der Waals surface area contributed by atoms with Crippen molar-refractivity contribution in [3.8, 4) is 5.75 Å². The SMILES string of the molecule is COc1ccc(CC(N)c2cc(F)c(F)c(F)c2)cc1Br. The first-order valence-electron chi connectivity index (χ1n) is 6.14. The van der Waals surface area contributed by atoms with Gasteiger partial charge in [-0.2, -0.15) is 0 Å². The number of nitrogens with two attached hydrogens (primary N) is 1. The van der Waals surface area contributed by atoms with Crippen LogP contribution in [0.25, 0.3) is 0 Å². The molecule has 2 N–H and O–H groups in total. The molecule has 0 spiro atoms. The highest BCUT2D eigenvalue weighted by Gasteiger charge is 2.15. The third-order valence-corrected chi connectivity index (χ3v) is 3.73. The molecule has 0 aliphatic rings. The van der Waals surface area contributed by atoms with Crippen molar-refractivity contribution in [2.24, 2.45) is 5.73 Å². The molecule has 0 saturated carbocycles. The van der Waals surface area contributed by atoms with Gasteiger partial charge in [-0.15, -0.1) is 0 Å². The van der Waals surface area contributed by atoms with E-state index in [1.54, 1.807) is 19.2 Å². The molecule has 6 heteroatoms. The molecule has 0 aromatic heterocycles. The fourth-order valence-corrected chi connectivity index (χ4v) is 2.59. The van der Waals surface area contributed by atoms with Crippen LogP contribution in [-0.2, 0) is 6.42 Å². The van der Waals surface area contributed by atoms with E-state index in [1.165, 1.54) is 0 Å². The normalized spacial score (nSPS) is 12.3. The van der Waals surface area contributed by atoms with Crippen LogP contribution in [0.1, 0.15) is 17.2 Å². The van der Waals surface area contributed by atoms with Gasteiger partial charge in [0.25, 0.3) is 0 Å². The Morgan fingerprint density at radius 1 is 1.14 bits per heavy atom. The zero-order valence-electron chi connectivity index (χ0n) is 11.2. The molecule has 0 radical (unpaired) electrons. The number of benzene rings is 2. The summed E-state index contributed by atoms with van der Waals surface area (Å²) >= 11 is 3.35. The third kappa shape index (κ3) is 3.57. The van der Waals surface area contributed by atoms with E-state index in [1.807, 2.05) is 6.07 Å². The molecule has 0 saturated heterocycles. The van der Waals surface area contributed by atoms with Crippen LogP contribution in [-0.4, -0.2) is 7.11 Å². The first-order valence-corrected chi connectivity index (χ1v) is 6.94. The molecule has 2 aromatic rings. The molecule has 0 aliphatic carbocycles. The fourth-order valence-electron chi connectivity index (χ4n) is 2.00. The lowest BCUT2D eigenvalue weighted by atomic mass is 9.99. The van der Waals surface area contributed by atoms with Crippen LogP contribution in [0.2, 0.25) is 0 Å². The summed E-state index contributed by atoms with van der Waals surface area (Å²) in [7, 11) is 1.55. The lowest BCUT2D eigenvalue weighted by molar-refractivity contribution is 0.412. The van der Waals surface area contributed by atoms with Crippen molar-refractivity contribution in [1.82, 2.24) is 0 Å². The molecule has 1 atom stereocenters. The van der Waals surface area contributed by atoms with E-state index in [0.29, 0.717) is 12.2 Å². The number of halogens is 4. The Bertz CT molecular complexity index is 640. The average Bonchev–Trinajstić information content (AvgIpc) is 2.44. The number of rotatable bonds is 4. The van der Waals surface area contributed by atoms with Crippen molar-refractivity contribution in [3.05, 3.63) is 63.4 Å². The van der Waals surface area contributed by atoms with Gasteiger partial charge in [-0.3, -0.25) is 0 Å². The maximum Gasteiger partial charge on any atom is 0.194 e. The molecule has 0 bridgehead atoms. The molecule has 0 fully saturated rings. The maximum atomic E-state index is 13.2. The standard InChI is InChI=1S/C15H13BrF3NO/c1-21-14-3-2-8(4-10(14)16)5-13(20)9-6-11(17)15(19)12(18)7-9/h2-4,6-7,13H,5,20H2,1H3. The molecule has 112 valence electrons. The largest absolute Gasteiger partial charge is 0.496 e. The number of hydrogen-bond acceptors (Lipinski definition) is 2. The minimum absolute atomic E-state index is 0.207. The van der Waals surface area contributed by atoms with Crippen LogP contribution in [0.3, 0.4) is 0 Å². The van der Waals surface area contributed by atoms with Crippen LogP contribution in [0.4, 0.5) is 13.2 Å². The number of ether oxygens (including phenoxy) is 1. The second-order valence-electron chi connectivity index (χ2n) is 4.58. The van der Waals surface area contributed by atoms with Crippen LogP contribution in [0.15, 0.2) is 34.8 Å². The number of hydrogen-bond donors (Lipinski definition) is 1. The third-order valence-electron chi connectivity index (χ3n) is 3.11. The first kappa shape index (κ1) is 15.9. The summed E-state index contributed by atoms with van der Waals surface area (Å²) in [5, 5.41) is 0. The predicted octanol–water partition coefficient (Wildman–Crippen LogP) is 4.12. The molecule has 1 unspecified atom stereocenters. The zero-order chi connectivity index (χ0) is 15.6. The molecule has 0 amide bonds. The molecule has 0 aliphatic heterocycles. The molecule has 2 aromatic carbocycles. The summed E-state index contributed by atoms with van der Waals surface area (Å²) in [4.78, 5) is 0. The van der Waals surface area contributed by atoms with Crippen molar-refractivity contribution in [2.45, 2.75) is 12.5 Å². The highest BCUT2D eigenvalue weighted by atomic mass is 79.9. The fraction of sp³-hybridized carbons (Fsp3) is 0.200. The molecule has 0 heterocycles. The van der Waals surface area contributed by atoms with E-state index >= 15 is 0 Å². The maximum absolute atomic E-state index is 13.2. The van der Waals surface area contributed by atoms with Gasteiger partial charge in [0.2, 0.25) is 0 Å². The Labute approximate surface area is 128 Å². The summed E-state index contributed by atoms with van der Waals surface area (Å²) in [6.45, 7) is 0. The second kappa shape index (κ2) is 6.49. The van der Waals surface area contributed by atoms with Gasteiger partial charge in [-0.1, -0.05) is 6.07 Å². The summed E-state index contributed by atoms with van der Waals surface area (Å²) in [6.07, 6.45) is 0.354. The van der Waals surface area contributed by atoms with Crippen molar-refractivity contribution in [2.75, 3.05) is 7.11 Å². The van der Waals surface area contributed by atoms with Crippen LogP contribution >= 0.6 is 15.9 Å². The van der Waals surface area contributed by atoms with Crippen molar-refractivity contribution >= 4 is 15.9 Å². The van der Waals surface area contributed by atoms with E-state index < -0.39 is 23.5 Å². The second-order valence-corrected chi connectivity index (χ2v) is 5.43. The van der Waals surface area contributed by atoms with Gasteiger partial charge in [0.05, 0.1) is 11.6 Å². The van der Waals surface area contributed by atoms with Gasteiger partial charge in [-0.25, -0.2) is 13.2 Å². The number of methoxy groups -OCH3 is 1. The van der Waals surface area contributed by atoms with Gasteiger partial charge in [0.15, 0.2) is 17.5 Å². The summed E-state index contributed by atoms with van der Waals surface area (Å²) in [5.41, 5.74) is 7.00. The van der Waals surface area contributed by atoms with Gasteiger partial charge < -0.3 is 10.5 Å². The zero-order valence-corrected chi connectivity index (χ0v) is 12.8. The van der Waals surface area contributed by atoms with Crippen LogP contribution in [0.5, 0.6) is 5.75 Å². The average molecular weight is 360 g/mol. The minimum Gasteiger partial charge on any atom is -0.496 e. The van der Waals surface area contributed by atoms with Crippen molar-refractivity contribution < 1.29 is 17.9 Å². The van der Waals surface area contributed by atoms with E-state index in [-0.39, 0.29) is 5.56 Å².